The van der Waals surface area contributed by atoms with Crippen LogP contribution in [-0.4, -0.2) is 18.4 Å². The number of aryl methyl sites for hydroxylation is 2. The number of rotatable bonds is 8. The maximum atomic E-state index is 13.2. The average molecular weight is 444 g/mol. The van der Waals surface area contributed by atoms with Crippen LogP contribution in [0.2, 0.25) is 0 Å². The van der Waals surface area contributed by atoms with Gasteiger partial charge in [-0.05, 0) is 73.9 Å². The summed E-state index contributed by atoms with van der Waals surface area (Å²) < 4.78 is 39.1. The molecular formula is C27H32F3NO. The quantitative estimate of drug-likeness (QED) is 0.452. The largest absolute Gasteiger partial charge is 0.416 e. The Bertz CT molecular complexity index is 925. The van der Waals surface area contributed by atoms with E-state index in [0.717, 1.165) is 55.8 Å². The van der Waals surface area contributed by atoms with Crippen LogP contribution in [0.4, 0.5) is 13.2 Å². The van der Waals surface area contributed by atoms with Gasteiger partial charge in [0.25, 0.3) is 0 Å². The Labute approximate surface area is 188 Å². The third-order valence-electron chi connectivity index (χ3n) is 7.04. The van der Waals surface area contributed by atoms with E-state index in [1.54, 1.807) is 6.92 Å². The first kappa shape index (κ1) is 23.0. The van der Waals surface area contributed by atoms with Crippen molar-refractivity contribution in [1.29, 1.82) is 0 Å². The molecule has 0 amide bonds. The van der Waals surface area contributed by atoms with Gasteiger partial charge in [0.05, 0.1) is 5.56 Å². The fraction of sp³-hybridized carbons (Fsp3) is 0.519. The van der Waals surface area contributed by atoms with Gasteiger partial charge in [0.15, 0.2) is 5.78 Å². The van der Waals surface area contributed by atoms with Crippen molar-refractivity contribution in [3.05, 3.63) is 70.3 Å². The van der Waals surface area contributed by atoms with E-state index in [9.17, 15) is 18.0 Å². The number of carbonyl (C=O) groups excluding carboxylic acids is 1. The molecule has 1 aliphatic heterocycles. The van der Waals surface area contributed by atoms with Crippen LogP contribution in [0.15, 0.2) is 42.5 Å². The predicted octanol–water partition coefficient (Wildman–Crippen LogP) is 6.86. The summed E-state index contributed by atoms with van der Waals surface area (Å²) >= 11 is 0. The second-order valence-electron chi connectivity index (χ2n) is 9.54. The van der Waals surface area contributed by atoms with Gasteiger partial charge in [0.2, 0.25) is 0 Å². The lowest BCUT2D eigenvalue weighted by Gasteiger charge is -2.32. The highest BCUT2D eigenvalue weighted by Gasteiger charge is 2.32. The molecular weight excluding hydrogens is 411 g/mol. The lowest BCUT2D eigenvalue weighted by molar-refractivity contribution is -0.137. The Balaban J connectivity index is 1.52. The van der Waals surface area contributed by atoms with Gasteiger partial charge in [-0.3, -0.25) is 4.79 Å². The number of piperidine rings is 1. The van der Waals surface area contributed by atoms with Gasteiger partial charge >= 0.3 is 6.18 Å². The molecule has 2 atom stereocenters. The minimum absolute atomic E-state index is 0.0157. The van der Waals surface area contributed by atoms with Crippen LogP contribution in [0.25, 0.3) is 0 Å². The van der Waals surface area contributed by atoms with E-state index in [0.29, 0.717) is 17.5 Å². The van der Waals surface area contributed by atoms with Crippen molar-refractivity contribution < 1.29 is 18.0 Å². The lowest BCUT2D eigenvalue weighted by Crippen LogP contribution is -2.39. The highest BCUT2D eigenvalue weighted by molar-refractivity contribution is 5.98. The topological polar surface area (TPSA) is 29.1 Å². The predicted molar refractivity (Wildman–Crippen MR) is 121 cm³/mol. The summed E-state index contributed by atoms with van der Waals surface area (Å²) in [4.78, 5) is 13.2. The van der Waals surface area contributed by atoms with Gasteiger partial charge in [-0.15, -0.1) is 0 Å². The van der Waals surface area contributed by atoms with Crippen molar-refractivity contribution in [1.82, 2.24) is 5.32 Å². The minimum Gasteiger partial charge on any atom is -0.313 e. The van der Waals surface area contributed by atoms with E-state index in [1.165, 1.54) is 30.9 Å². The highest BCUT2D eigenvalue weighted by atomic mass is 19.4. The third-order valence-corrected chi connectivity index (χ3v) is 7.04. The Kier molecular flexibility index (Phi) is 7.04. The Morgan fingerprint density at radius 3 is 2.41 bits per heavy atom. The molecule has 0 aromatic heterocycles. The highest BCUT2D eigenvalue weighted by Crippen LogP contribution is 2.35. The van der Waals surface area contributed by atoms with Gasteiger partial charge in [-0.25, -0.2) is 0 Å². The molecule has 4 rings (SSSR count). The fourth-order valence-corrected chi connectivity index (χ4v) is 4.89. The Morgan fingerprint density at radius 2 is 1.81 bits per heavy atom. The molecule has 0 radical (unpaired) electrons. The molecule has 172 valence electrons. The van der Waals surface area contributed by atoms with Crippen molar-refractivity contribution in [2.45, 2.75) is 76.4 Å². The van der Waals surface area contributed by atoms with Gasteiger partial charge in [0, 0.05) is 23.9 Å². The van der Waals surface area contributed by atoms with Crippen LogP contribution in [0.5, 0.6) is 0 Å². The molecule has 1 saturated carbocycles. The summed E-state index contributed by atoms with van der Waals surface area (Å²) in [6.07, 6.45) is 4.23. The van der Waals surface area contributed by atoms with Crippen LogP contribution >= 0.6 is 0 Å². The second-order valence-corrected chi connectivity index (χ2v) is 9.54. The van der Waals surface area contributed by atoms with E-state index in [4.69, 9.17) is 0 Å². The molecule has 1 heterocycles. The van der Waals surface area contributed by atoms with Crippen LogP contribution < -0.4 is 5.32 Å². The average Bonchev–Trinajstić information content (AvgIpc) is 3.61. The van der Waals surface area contributed by atoms with Crippen molar-refractivity contribution in [3.8, 4) is 0 Å². The number of nitrogens with one attached hydrogen (secondary N) is 1. The third kappa shape index (κ3) is 5.80. The summed E-state index contributed by atoms with van der Waals surface area (Å²) in [6.45, 7) is 2.53. The van der Waals surface area contributed by atoms with E-state index in [2.05, 4.69) is 29.6 Å². The first-order chi connectivity index (χ1) is 15.3. The number of Topliss-reactive ketones (excluding diaryl/α,β-unsaturated/α-hetero) is 1. The van der Waals surface area contributed by atoms with Crippen LogP contribution in [0.1, 0.15) is 83.5 Å². The maximum Gasteiger partial charge on any atom is 0.416 e. The van der Waals surface area contributed by atoms with Crippen LogP contribution in [0, 0.1) is 12.8 Å². The summed E-state index contributed by atoms with van der Waals surface area (Å²) in [5.74, 6) is 0.826. The molecule has 2 fully saturated rings. The van der Waals surface area contributed by atoms with Crippen LogP contribution in [-0.2, 0) is 12.6 Å². The zero-order valence-corrected chi connectivity index (χ0v) is 18.7. The molecule has 32 heavy (non-hydrogen) atoms. The monoisotopic (exact) mass is 443 g/mol. The first-order valence-electron chi connectivity index (χ1n) is 11.8. The molecule has 1 unspecified atom stereocenters. The first-order valence-corrected chi connectivity index (χ1v) is 11.8. The van der Waals surface area contributed by atoms with Gasteiger partial charge in [0.1, 0.15) is 0 Å². The molecule has 0 bridgehead atoms. The Hall–Kier alpha value is -2.14. The minimum atomic E-state index is -4.40. The smallest absolute Gasteiger partial charge is 0.313 e. The van der Waals surface area contributed by atoms with E-state index in [-0.39, 0.29) is 17.7 Å². The maximum absolute atomic E-state index is 13.2. The van der Waals surface area contributed by atoms with Crippen molar-refractivity contribution >= 4 is 5.78 Å². The zero-order chi connectivity index (χ0) is 22.7. The van der Waals surface area contributed by atoms with E-state index < -0.39 is 11.7 Å². The molecule has 2 aromatic carbocycles. The summed E-state index contributed by atoms with van der Waals surface area (Å²) in [7, 11) is 0. The number of ketones is 1. The van der Waals surface area contributed by atoms with E-state index >= 15 is 0 Å². The summed E-state index contributed by atoms with van der Waals surface area (Å²) in [5, 5.41) is 3.58. The zero-order valence-electron chi connectivity index (χ0n) is 18.7. The van der Waals surface area contributed by atoms with Gasteiger partial charge < -0.3 is 5.32 Å². The number of alkyl halides is 3. The fourth-order valence-electron chi connectivity index (χ4n) is 4.89. The number of benzene rings is 2. The number of hydrogen-bond acceptors (Lipinski definition) is 2. The normalized spacial score (nSPS) is 20.2. The van der Waals surface area contributed by atoms with Crippen molar-refractivity contribution in [2.24, 2.45) is 5.92 Å². The van der Waals surface area contributed by atoms with Crippen molar-refractivity contribution in [2.75, 3.05) is 6.54 Å². The standard InChI is InChI=1S/C27H32F3NO/c1-18-16-22(27(28,29)30)13-14-23(18)26(32)17-24(25-4-2-3-15-31-25)21-11-9-20(10-12-21)8-7-19-5-6-19/h9-14,16,19,24-25,31H,2-8,15,17H2,1H3/t24-,25?/m0/s1. The molecule has 0 spiro atoms. The molecule has 5 heteroatoms. The molecule has 2 aliphatic rings. The molecule has 2 nitrogen and oxygen atoms in total. The molecule has 1 N–H and O–H groups in total. The molecule has 1 aliphatic carbocycles. The molecule has 2 aromatic rings. The Morgan fingerprint density at radius 1 is 1.06 bits per heavy atom. The number of halogens is 3. The number of carbonyl (C=O) groups is 1. The number of hydrogen-bond donors (Lipinski definition) is 1. The SMILES string of the molecule is Cc1cc(C(F)(F)F)ccc1C(=O)C[C@@H](c1ccc(CCC2CC2)cc1)C1CCCCN1. The molecule has 1 saturated heterocycles. The lowest BCUT2D eigenvalue weighted by atomic mass is 9.81. The summed E-state index contributed by atoms with van der Waals surface area (Å²) in [6, 6.07) is 12.3. The van der Waals surface area contributed by atoms with E-state index in [1.807, 2.05) is 0 Å². The van der Waals surface area contributed by atoms with Crippen molar-refractivity contribution in [3.63, 3.8) is 0 Å². The van der Waals surface area contributed by atoms with Crippen LogP contribution in [0.3, 0.4) is 0 Å². The second kappa shape index (κ2) is 9.78. The van der Waals surface area contributed by atoms with Gasteiger partial charge in [-0.2, -0.15) is 13.2 Å². The summed E-state index contributed by atoms with van der Waals surface area (Å²) in [5.41, 5.74) is 2.53. The van der Waals surface area contributed by atoms with Gasteiger partial charge in [-0.1, -0.05) is 49.6 Å².